The molecule has 1 aliphatic rings. The molecule has 22 heavy (non-hydrogen) atoms. The summed E-state index contributed by atoms with van der Waals surface area (Å²) in [6.07, 6.45) is 5.42. The maximum Gasteiger partial charge on any atom is 0.226 e. The number of anilines is 1. The molecule has 0 atom stereocenters. The minimum Gasteiger partial charge on any atom is -0.489 e. The second kappa shape index (κ2) is 8.13. The van der Waals surface area contributed by atoms with Crippen LogP contribution in [-0.2, 0) is 4.79 Å². The van der Waals surface area contributed by atoms with E-state index in [-0.39, 0.29) is 12.0 Å². The Bertz CT molecular complexity index is 525. The zero-order valence-electron chi connectivity index (χ0n) is 13.2. The summed E-state index contributed by atoms with van der Waals surface area (Å²) in [5.41, 5.74) is 0.766. The van der Waals surface area contributed by atoms with Gasteiger partial charge in [-0.3, -0.25) is 4.79 Å². The van der Waals surface area contributed by atoms with E-state index in [0.717, 1.165) is 24.3 Å². The summed E-state index contributed by atoms with van der Waals surface area (Å²) >= 11 is 5.23. The molecule has 4 nitrogen and oxygen atoms in total. The Kier molecular flexibility index (Phi) is 6.19. The van der Waals surface area contributed by atoms with Gasteiger partial charge < -0.3 is 15.4 Å². The van der Waals surface area contributed by atoms with Crippen LogP contribution < -0.4 is 15.4 Å². The van der Waals surface area contributed by atoms with Crippen LogP contribution in [0.4, 0.5) is 5.69 Å². The van der Waals surface area contributed by atoms with Crippen LogP contribution in [0.1, 0.15) is 46.0 Å². The van der Waals surface area contributed by atoms with Crippen molar-refractivity contribution in [2.24, 2.45) is 5.92 Å². The molecule has 2 rings (SSSR count). The van der Waals surface area contributed by atoms with Crippen molar-refractivity contribution in [2.45, 2.75) is 52.1 Å². The van der Waals surface area contributed by atoms with Gasteiger partial charge in [-0.15, -0.1) is 0 Å². The van der Waals surface area contributed by atoms with Gasteiger partial charge in [0.05, 0.1) is 11.8 Å². The van der Waals surface area contributed by atoms with Crippen LogP contribution in [-0.4, -0.2) is 17.1 Å². The monoisotopic (exact) mass is 320 g/mol. The first-order valence-electron chi connectivity index (χ1n) is 7.91. The Morgan fingerprint density at radius 1 is 1.32 bits per heavy atom. The molecule has 1 amide bonds. The fourth-order valence-corrected chi connectivity index (χ4v) is 2.96. The van der Waals surface area contributed by atoms with Crippen LogP contribution in [0.5, 0.6) is 5.75 Å². The van der Waals surface area contributed by atoms with E-state index in [0.29, 0.717) is 17.5 Å². The van der Waals surface area contributed by atoms with E-state index < -0.39 is 0 Å². The molecule has 120 valence electrons. The van der Waals surface area contributed by atoms with Crippen LogP contribution in [0, 0.1) is 5.92 Å². The molecule has 0 aromatic heterocycles. The van der Waals surface area contributed by atoms with Gasteiger partial charge in [-0.2, -0.15) is 0 Å². The van der Waals surface area contributed by atoms with Gasteiger partial charge in [-0.25, -0.2) is 0 Å². The number of benzene rings is 1. The zero-order valence-corrected chi connectivity index (χ0v) is 14.0. The summed E-state index contributed by atoms with van der Waals surface area (Å²) in [6.45, 7) is 3.94. The molecular weight excluding hydrogens is 296 g/mol. The van der Waals surface area contributed by atoms with E-state index >= 15 is 0 Å². The highest BCUT2D eigenvalue weighted by molar-refractivity contribution is 7.80. The predicted molar refractivity (Wildman–Crippen MR) is 93.1 cm³/mol. The lowest BCUT2D eigenvalue weighted by Crippen LogP contribution is -2.35. The number of thiocarbonyl (C=S) groups is 1. The molecule has 2 N–H and O–H groups in total. The first-order chi connectivity index (χ1) is 10.5. The minimum absolute atomic E-state index is 0.00772. The number of hydrogen-bond acceptors (Lipinski definition) is 3. The number of ether oxygens (including phenoxy) is 1. The fraction of sp³-hybridized carbons (Fsp3) is 0.529. The van der Waals surface area contributed by atoms with Crippen LogP contribution in [0.3, 0.4) is 0 Å². The van der Waals surface area contributed by atoms with Crippen molar-refractivity contribution in [3.05, 3.63) is 24.3 Å². The SMILES string of the molecule is CC(C)Oc1ccccc1NC(=S)NC(=O)CC1CCCC1. The van der Waals surface area contributed by atoms with Gasteiger partial charge >= 0.3 is 0 Å². The molecule has 1 aromatic rings. The van der Waals surface area contributed by atoms with Crippen molar-refractivity contribution >= 4 is 28.9 Å². The molecule has 0 spiro atoms. The third kappa shape index (κ3) is 5.30. The molecular formula is C17H24N2O2S. The molecule has 0 saturated heterocycles. The Hall–Kier alpha value is -1.62. The van der Waals surface area contributed by atoms with Gasteiger partial charge in [0.25, 0.3) is 0 Å². The van der Waals surface area contributed by atoms with Gasteiger partial charge in [0.2, 0.25) is 5.91 Å². The predicted octanol–water partition coefficient (Wildman–Crippen LogP) is 3.87. The quantitative estimate of drug-likeness (QED) is 0.809. The lowest BCUT2D eigenvalue weighted by atomic mass is 10.0. The maximum absolute atomic E-state index is 12.0. The fourth-order valence-electron chi connectivity index (χ4n) is 2.73. The lowest BCUT2D eigenvalue weighted by Gasteiger charge is -2.16. The molecule has 1 saturated carbocycles. The van der Waals surface area contributed by atoms with Gasteiger partial charge in [0.1, 0.15) is 5.75 Å². The van der Waals surface area contributed by atoms with Gasteiger partial charge in [-0.1, -0.05) is 25.0 Å². The second-order valence-corrected chi connectivity index (χ2v) is 6.43. The summed E-state index contributed by atoms with van der Waals surface area (Å²) in [5, 5.41) is 6.13. The number of nitrogens with one attached hydrogen (secondary N) is 2. The molecule has 0 unspecified atom stereocenters. The normalized spacial score (nSPS) is 14.9. The second-order valence-electron chi connectivity index (χ2n) is 6.02. The van der Waals surface area contributed by atoms with Crippen LogP contribution in [0.15, 0.2) is 24.3 Å². The number of rotatable bonds is 5. The van der Waals surface area contributed by atoms with E-state index in [1.807, 2.05) is 38.1 Å². The molecule has 1 fully saturated rings. The first-order valence-corrected chi connectivity index (χ1v) is 8.32. The highest BCUT2D eigenvalue weighted by Crippen LogP contribution is 2.27. The van der Waals surface area contributed by atoms with E-state index in [1.54, 1.807) is 0 Å². The van der Waals surface area contributed by atoms with Crippen LogP contribution >= 0.6 is 12.2 Å². The molecule has 0 aliphatic heterocycles. The number of carbonyl (C=O) groups excluding carboxylic acids is 1. The third-order valence-corrected chi connectivity index (χ3v) is 3.90. The van der Waals surface area contributed by atoms with E-state index in [2.05, 4.69) is 10.6 Å². The summed E-state index contributed by atoms with van der Waals surface area (Å²) < 4.78 is 5.72. The Balaban J connectivity index is 1.87. The summed E-state index contributed by atoms with van der Waals surface area (Å²) in [4.78, 5) is 12.0. The molecule has 1 aliphatic carbocycles. The summed E-state index contributed by atoms with van der Waals surface area (Å²) in [6, 6.07) is 7.57. The van der Waals surface area contributed by atoms with Gasteiger partial charge in [0.15, 0.2) is 5.11 Å². The highest BCUT2D eigenvalue weighted by atomic mass is 32.1. The first kappa shape index (κ1) is 16.7. The Morgan fingerprint density at radius 2 is 2.00 bits per heavy atom. The average molecular weight is 320 g/mol. The van der Waals surface area contributed by atoms with E-state index in [9.17, 15) is 4.79 Å². The standard InChI is InChI=1S/C17H24N2O2S/c1-12(2)21-15-10-6-5-9-14(15)18-17(22)19-16(20)11-13-7-3-4-8-13/h5-6,9-10,12-13H,3-4,7-8,11H2,1-2H3,(H2,18,19,20,22). The number of para-hydroxylation sites is 2. The molecule has 1 aromatic carbocycles. The molecule has 5 heteroatoms. The van der Waals surface area contributed by atoms with E-state index in [1.165, 1.54) is 12.8 Å². The largest absolute Gasteiger partial charge is 0.489 e. The van der Waals surface area contributed by atoms with Crippen molar-refractivity contribution < 1.29 is 9.53 Å². The van der Waals surface area contributed by atoms with Crippen molar-refractivity contribution in [3.63, 3.8) is 0 Å². The lowest BCUT2D eigenvalue weighted by molar-refractivity contribution is -0.120. The maximum atomic E-state index is 12.0. The summed E-state index contributed by atoms with van der Waals surface area (Å²) in [7, 11) is 0. The van der Waals surface area contributed by atoms with E-state index in [4.69, 9.17) is 17.0 Å². The Labute approximate surface area is 137 Å². The van der Waals surface area contributed by atoms with Crippen LogP contribution in [0.2, 0.25) is 0 Å². The Morgan fingerprint density at radius 3 is 2.68 bits per heavy atom. The average Bonchev–Trinajstić information content (AvgIpc) is 2.93. The smallest absolute Gasteiger partial charge is 0.226 e. The number of amides is 1. The van der Waals surface area contributed by atoms with Crippen molar-refractivity contribution in [3.8, 4) is 5.75 Å². The summed E-state index contributed by atoms with van der Waals surface area (Å²) in [5.74, 6) is 1.23. The number of hydrogen-bond donors (Lipinski definition) is 2. The van der Waals surface area contributed by atoms with Crippen LogP contribution in [0.25, 0.3) is 0 Å². The van der Waals surface area contributed by atoms with Gasteiger partial charge in [-0.05, 0) is 57.0 Å². The topological polar surface area (TPSA) is 50.4 Å². The minimum atomic E-state index is -0.00772. The van der Waals surface area contributed by atoms with Gasteiger partial charge in [0, 0.05) is 6.42 Å². The molecule has 0 radical (unpaired) electrons. The van der Waals surface area contributed by atoms with Crippen molar-refractivity contribution in [1.82, 2.24) is 5.32 Å². The molecule has 0 heterocycles. The zero-order chi connectivity index (χ0) is 15.9. The van der Waals surface area contributed by atoms with Crippen molar-refractivity contribution in [2.75, 3.05) is 5.32 Å². The van der Waals surface area contributed by atoms with Crippen molar-refractivity contribution in [1.29, 1.82) is 0 Å². The highest BCUT2D eigenvalue weighted by Gasteiger charge is 2.19. The third-order valence-electron chi connectivity index (χ3n) is 3.70. The molecule has 0 bridgehead atoms. The number of carbonyl (C=O) groups is 1.